The second-order valence-electron chi connectivity index (χ2n) is 7.25. The van der Waals surface area contributed by atoms with E-state index in [2.05, 4.69) is 5.32 Å². The molecule has 4 nitrogen and oxygen atoms in total. The van der Waals surface area contributed by atoms with E-state index in [1.165, 1.54) is 12.1 Å². The van der Waals surface area contributed by atoms with Crippen molar-refractivity contribution in [3.63, 3.8) is 0 Å². The van der Waals surface area contributed by atoms with Crippen molar-refractivity contribution in [1.29, 1.82) is 0 Å². The van der Waals surface area contributed by atoms with Crippen LogP contribution in [-0.4, -0.2) is 18.3 Å². The number of ether oxygens (including phenoxy) is 1. The molecular weight excluding hydrogens is 357 g/mol. The number of carbonyl (C=O) groups excluding carboxylic acids is 2. The second-order valence-corrected chi connectivity index (χ2v) is 7.25. The molecule has 0 bridgehead atoms. The Kier molecular flexibility index (Phi) is 4.99. The minimum atomic E-state index is -0.302. The van der Waals surface area contributed by atoms with Crippen LogP contribution in [-0.2, 0) is 9.59 Å². The van der Waals surface area contributed by atoms with Crippen LogP contribution in [0.5, 0.6) is 5.75 Å². The van der Waals surface area contributed by atoms with E-state index in [-0.39, 0.29) is 35.8 Å². The molecule has 0 fully saturated rings. The zero-order valence-electron chi connectivity index (χ0n) is 15.7. The van der Waals surface area contributed by atoms with Crippen molar-refractivity contribution in [1.82, 2.24) is 5.32 Å². The topological polar surface area (TPSA) is 55.4 Å². The fraction of sp³-hybridized carbons (Fsp3) is 0.304. The summed E-state index contributed by atoms with van der Waals surface area (Å²) in [5.41, 5.74) is 3.16. The number of Topliss-reactive ketones (excluding diaryl/α,β-unsaturated/α-hetero) is 1. The minimum absolute atomic E-state index is 0.0341. The molecule has 5 heteroatoms. The highest BCUT2D eigenvalue weighted by Gasteiger charge is 2.39. The normalized spacial score (nSPS) is 21.9. The molecule has 144 valence electrons. The Morgan fingerprint density at radius 2 is 1.79 bits per heavy atom. The van der Waals surface area contributed by atoms with Gasteiger partial charge in [-0.15, -0.1) is 0 Å². The molecule has 1 aliphatic carbocycles. The summed E-state index contributed by atoms with van der Waals surface area (Å²) in [7, 11) is 0. The van der Waals surface area contributed by atoms with Crippen LogP contribution >= 0.6 is 0 Å². The third kappa shape index (κ3) is 3.44. The van der Waals surface area contributed by atoms with Crippen molar-refractivity contribution in [2.24, 2.45) is 0 Å². The number of halogens is 1. The number of carbonyl (C=O) groups is 2. The molecule has 0 aromatic heterocycles. The van der Waals surface area contributed by atoms with Crippen LogP contribution in [0.25, 0.3) is 0 Å². The quantitative estimate of drug-likeness (QED) is 0.865. The molecule has 0 spiro atoms. The molecule has 0 saturated heterocycles. The number of nitrogens with one attached hydrogen (secondary N) is 1. The summed E-state index contributed by atoms with van der Waals surface area (Å²) in [6.45, 7) is 2.43. The van der Waals surface area contributed by atoms with E-state index in [0.717, 1.165) is 11.1 Å². The van der Waals surface area contributed by atoms with Crippen LogP contribution in [0.15, 0.2) is 59.8 Å². The van der Waals surface area contributed by atoms with Crippen molar-refractivity contribution >= 4 is 11.7 Å². The maximum absolute atomic E-state index is 13.2. The molecule has 2 aromatic carbocycles. The minimum Gasteiger partial charge on any atom is -0.494 e. The Labute approximate surface area is 163 Å². The van der Waals surface area contributed by atoms with Gasteiger partial charge in [-0.1, -0.05) is 30.3 Å². The summed E-state index contributed by atoms with van der Waals surface area (Å²) in [4.78, 5) is 25.5. The Morgan fingerprint density at radius 3 is 2.54 bits per heavy atom. The number of rotatable bonds is 4. The maximum atomic E-state index is 13.2. The van der Waals surface area contributed by atoms with Crippen molar-refractivity contribution < 1.29 is 18.7 Å². The molecule has 1 amide bonds. The Balaban J connectivity index is 1.72. The zero-order chi connectivity index (χ0) is 19.7. The molecule has 1 aliphatic heterocycles. The molecule has 28 heavy (non-hydrogen) atoms. The van der Waals surface area contributed by atoms with E-state index in [1.54, 1.807) is 12.1 Å². The maximum Gasteiger partial charge on any atom is 0.225 e. The van der Waals surface area contributed by atoms with Gasteiger partial charge in [-0.25, -0.2) is 4.39 Å². The van der Waals surface area contributed by atoms with Crippen LogP contribution in [0.3, 0.4) is 0 Å². The third-order valence-electron chi connectivity index (χ3n) is 5.47. The molecule has 0 unspecified atom stereocenters. The predicted octanol–water partition coefficient (Wildman–Crippen LogP) is 4.23. The fourth-order valence-corrected chi connectivity index (χ4v) is 4.25. The average molecular weight is 379 g/mol. The van der Waals surface area contributed by atoms with Gasteiger partial charge in [0.2, 0.25) is 5.91 Å². The number of hydrogen-bond donors (Lipinski definition) is 1. The second kappa shape index (κ2) is 7.58. The highest BCUT2D eigenvalue weighted by atomic mass is 19.1. The molecule has 1 heterocycles. The van der Waals surface area contributed by atoms with E-state index in [0.29, 0.717) is 36.5 Å². The van der Waals surface area contributed by atoms with Gasteiger partial charge in [-0.3, -0.25) is 9.59 Å². The monoisotopic (exact) mass is 379 g/mol. The molecular formula is C23H22FNO3. The van der Waals surface area contributed by atoms with Gasteiger partial charge < -0.3 is 10.1 Å². The van der Waals surface area contributed by atoms with Gasteiger partial charge in [0.15, 0.2) is 5.78 Å². The lowest BCUT2D eigenvalue weighted by Gasteiger charge is -2.35. The molecule has 4 rings (SSSR count). The Morgan fingerprint density at radius 1 is 1.04 bits per heavy atom. The van der Waals surface area contributed by atoms with Crippen molar-refractivity contribution in [3.05, 3.63) is 76.7 Å². The smallest absolute Gasteiger partial charge is 0.225 e. The summed E-state index contributed by atoms with van der Waals surface area (Å²) in [5, 5.41) is 2.92. The number of hydrogen-bond acceptors (Lipinski definition) is 3. The summed E-state index contributed by atoms with van der Waals surface area (Å²) in [5.74, 6) is -0.00921. The lowest BCUT2D eigenvalue weighted by atomic mass is 9.73. The van der Waals surface area contributed by atoms with Crippen molar-refractivity contribution in [2.75, 3.05) is 6.61 Å². The number of amides is 1. The van der Waals surface area contributed by atoms with Gasteiger partial charge in [0.05, 0.1) is 6.61 Å². The van der Waals surface area contributed by atoms with Crippen LogP contribution in [0.1, 0.15) is 49.1 Å². The lowest BCUT2D eigenvalue weighted by Crippen LogP contribution is -2.38. The van der Waals surface area contributed by atoms with Crippen LogP contribution in [0, 0.1) is 5.82 Å². The van der Waals surface area contributed by atoms with Crippen molar-refractivity contribution in [2.45, 2.75) is 38.0 Å². The largest absolute Gasteiger partial charge is 0.494 e. The number of ketones is 1. The van der Waals surface area contributed by atoms with Gasteiger partial charge in [0.1, 0.15) is 11.6 Å². The Hall–Kier alpha value is -2.95. The molecule has 2 atom stereocenters. The number of benzene rings is 2. The summed E-state index contributed by atoms with van der Waals surface area (Å²) < 4.78 is 19.0. The summed E-state index contributed by atoms with van der Waals surface area (Å²) in [6.07, 6.45) is 1.15. The SMILES string of the molecule is CCOc1ccccc1[C@H]1CC(=O)NC2=C1C(=O)C[C@@H](c1ccc(F)cc1)C2. The van der Waals surface area contributed by atoms with E-state index in [1.807, 2.05) is 31.2 Å². The van der Waals surface area contributed by atoms with E-state index in [9.17, 15) is 14.0 Å². The van der Waals surface area contributed by atoms with Gasteiger partial charge in [-0.2, -0.15) is 0 Å². The van der Waals surface area contributed by atoms with E-state index in [4.69, 9.17) is 4.74 Å². The Bertz CT molecular complexity index is 949. The summed E-state index contributed by atoms with van der Waals surface area (Å²) >= 11 is 0. The van der Waals surface area contributed by atoms with Crippen LogP contribution in [0.4, 0.5) is 4.39 Å². The lowest BCUT2D eigenvalue weighted by molar-refractivity contribution is -0.122. The summed E-state index contributed by atoms with van der Waals surface area (Å²) in [6, 6.07) is 13.8. The predicted molar refractivity (Wildman–Crippen MR) is 104 cm³/mol. The van der Waals surface area contributed by atoms with E-state index >= 15 is 0 Å². The first-order valence-corrected chi connectivity index (χ1v) is 9.60. The molecule has 0 saturated carbocycles. The number of allylic oxidation sites excluding steroid dienone is 2. The highest BCUT2D eigenvalue weighted by molar-refractivity contribution is 6.02. The third-order valence-corrected chi connectivity index (χ3v) is 5.47. The van der Waals surface area contributed by atoms with Gasteiger partial charge >= 0.3 is 0 Å². The number of para-hydroxylation sites is 1. The molecule has 2 aromatic rings. The van der Waals surface area contributed by atoms with Crippen LogP contribution in [0.2, 0.25) is 0 Å². The van der Waals surface area contributed by atoms with Crippen LogP contribution < -0.4 is 10.1 Å². The zero-order valence-corrected chi connectivity index (χ0v) is 15.7. The van der Waals surface area contributed by atoms with Gasteiger partial charge in [0, 0.05) is 35.6 Å². The van der Waals surface area contributed by atoms with Crippen molar-refractivity contribution in [3.8, 4) is 5.75 Å². The molecule has 1 N–H and O–H groups in total. The first-order valence-electron chi connectivity index (χ1n) is 9.60. The highest BCUT2D eigenvalue weighted by Crippen LogP contribution is 2.44. The first-order chi connectivity index (χ1) is 13.6. The molecule has 0 radical (unpaired) electrons. The first kappa shape index (κ1) is 18.4. The van der Waals surface area contributed by atoms with Gasteiger partial charge in [0.25, 0.3) is 0 Å². The fourth-order valence-electron chi connectivity index (χ4n) is 4.25. The van der Waals surface area contributed by atoms with Gasteiger partial charge in [-0.05, 0) is 43.0 Å². The molecule has 2 aliphatic rings. The van der Waals surface area contributed by atoms with E-state index < -0.39 is 0 Å². The average Bonchev–Trinajstić information content (AvgIpc) is 2.68. The standard InChI is InChI=1S/C23H22FNO3/c1-2-28-21-6-4-3-5-17(21)18-13-22(27)25-19-11-15(12-20(26)23(18)19)14-7-9-16(24)10-8-14/h3-10,15,18H,2,11-13H2,1H3,(H,25,27)/t15-,18+/m0/s1.